The van der Waals surface area contributed by atoms with E-state index >= 15 is 0 Å². The van der Waals surface area contributed by atoms with Gasteiger partial charge in [0.1, 0.15) is 5.69 Å². The van der Waals surface area contributed by atoms with Crippen LogP contribution in [0.4, 0.5) is 0 Å². The van der Waals surface area contributed by atoms with Crippen LogP contribution in [0.3, 0.4) is 0 Å². The van der Waals surface area contributed by atoms with Crippen molar-refractivity contribution in [3.8, 4) is 11.1 Å². The van der Waals surface area contributed by atoms with Crippen molar-refractivity contribution in [3.05, 3.63) is 78.1 Å². The van der Waals surface area contributed by atoms with Gasteiger partial charge in [0.2, 0.25) is 0 Å². The topological polar surface area (TPSA) is 42.1 Å². The van der Waals surface area contributed by atoms with E-state index in [-0.39, 0.29) is 5.97 Å². The standard InChI is InChI=1S/C20H19NO2S/c1-2-23-20(22)19-18(15-9-5-3-6-10-15)16(13-21-19)14-24-17-11-7-4-8-12-17/h3-13,21H,2,14H2,1H3. The van der Waals surface area contributed by atoms with Crippen LogP contribution in [0, 0.1) is 0 Å². The van der Waals surface area contributed by atoms with E-state index in [0.29, 0.717) is 12.3 Å². The van der Waals surface area contributed by atoms with Crippen molar-refractivity contribution in [3.63, 3.8) is 0 Å². The number of hydrogen-bond donors (Lipinski definition) is 1. The normalized spacial score (nSPS) is 10.5. The minimum absolute atomic E-state index is 0.313. The quantitative estimate of drug-likeness (QED) is 0.499. The molecule has 2 aromatic carbocycles. The summed E-state index contributed by atoms with van der Waals surface area (Å²) in [5, 5.41) is 0. The van der Waals surface area contributed by atoms with Crippen molar-refractivity contribution in [2.24, 2.45) is 0 Å². The van der Waals surface area contributed by atoms with Gasteiger partial charge in [0, 0.05) is 22.4 Å². The molecule has 0 saturated carbocycles. The van der Waals surface area contributed by atoms with Gasteiger partial charge in [-0.2, -0.15) is 0 Å². The molecule has 0 aliphatic carbocycles. The molecule has 0 aliphatic rings. The molecular weight excluding hydrogens is 318 g/mol. The first-order valence-electron chi connectivity index (χ1n) is 7.90. The third-order valence-electron chi connectivity index (χ3n) is 3.64. The van der Waals surface area contributed by atoms with E-state index in [1.54, 1.807) is 11.8 Å². The lowest BCUT2D eigenvalue weighted by atomic mass is 10.0. The van der Waals surface area contributed by atoms with E-state index in [1.165, 1.54) is 4.90 Å². The Morgan fingerprint density at radius 1 is 1.04 bits per heavy atom. The van der Waals surface area contributed by atoms with Gasteiger partial charge in [0.05, 0.1) is 6.61 Å². The summed E-state index contributed by atoms with van der Waals surface area (Å²) in [6, 6.07) is 20.2. The molecule has 0 atom stereocenters. The second-order valence-corrected chi connectivity index (χ2v) is 6.30. The Balaban J connectivity index is 1.92. The molecule has 0 saturated heterocycles. The molecule has 0 spiro atoms. The van der Waals surface area contributed by atoms with E-state index in [1.807, 2.05) is 61.7 Å². The number of rotatable bonds is 6. The fourth-order valence-electron chi connectivity index (χ4n) is 2.55. The second kappa shape index (κ2) is 7.88. The Labute approximate surface area is 146 Å². The lowest BCUT2D eigenvalue weighted by Gasteiger charge is -2.08. The average Bonchev–Trinajstić information content (AvgIpc) is 3.06. The summed E-state index contributed by atoms with van der Waals surface area (Å²) in [6.07, 6.45) is 1.91. The first-order valence-corrected chi connectivity index (χ1v) is 8.88. The number of nitrogens with one attached hydrogen (secondary N) is 1. The highest BCUT2D eigenvalue weighted by atomic mass is 32.2. The van der Waals surface area contributed by atoms with E-state index in [0.717, 1.165) is 22.4 Å². The predicted molar refractivity (Wildman–Crippen MR) is 98.2 cm³/mol. The molecule has 1 N–H and O–H groups in total. The van der Waals surface area contributed by atoms with Crippen LogP contribution in [-0.4, -0.2) is 17.6 Å². The van der Waals surface area contributed by atoms with Gasteiger partial charge in [0.15, 0.2) is 0 Å². The molecule has 0 bridgehead atoms. The number of ether oxygens (including phenoxy) is 1. The number of carbonyl (C=O) groups is 1. The third-order valence-corrected chi connectivity index (χ3v) is 4.70. The van der Waals surface area contributed by atoms with Crippen LogP contribution in [0.1, 0.15) is 23.0 Å². The molecule has 3 nitrogen and oxygen atoms in total. The van der Waals surface area contributed by atoms with E-state index in [2.05, 4.69) is 17.1 Å². The molecule has 1 heterocycles. The van der Waals surface area contributed by atoms with E-state index in [9.17, 15) is 4.79 Å². The first kappa shape index (κ1) is 16.4. The molecule has 4 heteroatoms. The summed E-state index contributed by atoms with van der Waals surface area (Å²) < 4.78 is 5.19. The van der Waals surface area contributed by atoms with E-state index < -0.39 is 0 Å². The fraction of sp³-hybridized carbons (Fsp3) is 0.150. The molecule has 24 heavy (non-hydrogen) atoms. The molecule has 0 unspecified atom stereocenters. The van der Waals surface area contributed by atoms with Crippen molar-refractivity contribution in [1.82, 2.24) is 4.98 Å². The van der Waals surface area contributed by atoms with Crippen molar-refractivity contribution in [1.29, 1.82) is 0 Å². The number of aromatic amines is 1. The van der Waals surface area contributed by atoms with Crippen molar-refractivity contribution < 1.29 is 9.53 Å². The Bertz CT molecular complexity index is 797. The number of aromatic nitrogens is 1. The highest BCUT2D eigenvalue weighted by molar-refractivity contribution is 7.98. The van der Waals surface area contributed by atoms with Gasteiger partial charge >= 0.3 is 5.97 Å². The largest absolute Gasteiger partial charge is 0.461 e. The number of thioether (sulfide) groups is 1. The number of hydrogen-bond acceptors (Lipinski definition) is 3. The highest BCUT2D eigenvalue weighted by Gasteiger charge is 2.19. The summed E-state index contributed by atoms with van der Waals surface area (Å²) in [4.78, 5) is 16.6. The van der Waals surface area contributed by atoms with Crippen molar-refractivity contribution in [2.45, 2.75) is 17.6 Å². The van der Waals surface area contributed by atoms with Crippen molar-refractivity contribution in [2.75, 3.05) is 6.61 Å². The van der Waals surface area contributed by atoms with Crippen LogP contribution in [0.15, 0.2) is 71.8 Å². The zero-order valence-corrected chi connectivity index (χ0v) is 14.3. The van der Waals surface area contributed by atoms with Crippen LogP contribution >= 0.6 is 11.8 Å². The van der Waals surface area contributed by atoms with Gasteiger partial charge in [-0.05, 0) is 30.2 Å². The minimum Gasteiger partial charge on any atom is -0.461 e. The van der Waals surface area contributed by atoms with Crippen LogP contribution in [0.2, 0.25) is 0 Å². The molecule has 0 radical (unpaired) electrons. The lowest BCUT2D eigenvalue weighted by molar-refractivity contribution is 0.0521. The summed E-state index contributed by atoms with van der Waals surface area (Å²) in [5.41, 5.74) is 3.56. The molecule has 1 aromatic heterocycles. The van der Waals surface area contributed by atoms with Crippen molar-refractivity contribution >= 4 is 17.7 Å². The maximum Gasteiger partial charge on any atom is 0.355 e. The maximum atomic E-state index is 12.3. The maximum absolute atomic E-state index is 12.3. The molecule has 122 valence electrons. The van der Waals surface area contributed by atoms with Crippen LogP contribution in [-0.2, 0) is 10.5 Å². The number of esters is 1. The summed E-state index contributed by atoms with van der Waals surface area (Å²) in [5.74, 6) is 0.469. The zero-order valence-electron chi connectivity index (χ0n) is 13.5. The lowest BCUT2D eigenvalue weighted by Crippen LogP contribution is -2.06. The Morgan fingerprint density at radius 3 is 2.38 bits per heavy atom. The molecule has 3 rings (SSSR count). The van der Waals surface area contributed by atoms with Gasteiger partial charge in [-0.1, -0.05) is 48.5 Å². The predicted octanol–water partition coefficient (Wildman–Crippen LogP) is 5.15. The number of benzene rings is 2. The van der Waals surface area contributed by atoms with E-state index in [4.69, 9.17) is 4.74 Å². The second-order valence-electron chi connectivity index (χ2n) is 5.25. The molecule has 0 aliphatic heterocycles. The SMILES string of the molecule is CCOC(=O)c1[nH]cc(CSc2ccccc2)c1-c1ccccc1. The van der Waals surface area contributed by atoms with Crippen LogP contribution in [0.25, 0.3) is 11.1 Å². The van der Waals surface area contributed by atoms with Gasteiger partial charge < -0.3 is 9.72 Å². The number of H-pyrrole nitrogens is 1. The molecular formula is C20H19NO2S. The zero-order chi connectivity index (χ0) is 16.8. The Hall–Kier alpha value is -2.46. The molecule has 0 fully saturated rings. The minimum atomic E-state index is -0.313. The average molecular weight is 337 g/mol. The number of carbonyl (C=O) groups excluding carboxylic acids is 1. The van der Waals surface area contributed by atoms with Crippen LogP contribution < -0.4 is 0 Å². The summed E-state index contributed by atoms with van der Waals surface area (Å²) in [7, 11) is 0. The molecule has 3 aromatic rings. The van der Waals surface area contributed by atoms with Gasteiger partial charge in [-0.25, -0.2) is 4.79 Å². The Morgan fingerprint density at radius 2 is 1.71 bits per heavy atom. The smallest absolute Gasteiger partial charge is 0.355 e. The summed E-state index contributed by atoms with van der Waals surface area (Å²) in [6.45, 7) is 2.18. The van der Waals surface area contributed by atoms with Crippen LogP contribution in [0.5, 0.6) is 0 Å². The van der Waals surface area contributed by atoms with Gasteiger partial charge in [-0.3, -0.25) is 0 Å². The van der Waals surface area contributed by atoms with Gasteiger partial charge in [-0.15, -0.1) is 11.8 Å². The third kappa shape index (κ3) is 3.71. The summed E-state index contributed by atoms with van der Waals surface area (Å²) >= 11 is 1.75. The molecule has 0 amide bonds. The van der Waals surface area contributed by atoms with Gasteiger partial charge in [0.25, 0.3) is 0 Å². The highest BCUT2D eigenvalue weighted by Crippen LogP contribution is 2.32. The monoisotopic (exact) mass is 337 g/mol. The first-order chi connectivity index (χ1) is 11.8. The fourth-order valence-corrected chi connectivity index (χ4v) is 3.45. The Kier molecular flexibility index (Phi) is 5.39.